The monoisotopic (exact) mass is 227 g/mol. The van der Waals surface area contributed by atoms with Crippen LogP contribution in [0.1, 0.15) is 19.3 Å². The Balaban J connectivity index is 1.69. The Morgan fingerprint density at radius 1 is 1.07 bits per heavy atom. The summed E-state index contributed by atoms with van der Waals surface area (Å²) < 4.78 is 0. The Morgan fingerprint density at radius 2 is 1.87 bits per heavy atom. The minimum atomic E-state index is 0.868. The van der Waals surface area contributed by atoms with Gasteiger partial charge in [-0.1, -0.05) is 0 Å². The van der Waals surface area contributed by atoms with Gasteiger partial charge in [0, 0.05) is 50.7 Å². The largest absolute Gasteiger partial charge is 0.359 e. The van der Waals surface area contributed by atoms with Gasteiger partial charge in [0.15, 0.2) is 0 Å². The Morgan fingerprint density at radius 3 is 2.60 bits per heavy atom. The molecule has 0 aromatic heterocycles. The van der Waals surface area contributed by atoms with E-state index >= 15 is 0 Å². The van der Waals surface area contributed by atoms with Gasteiger partial charge in [0.2, 0.25) is 0 Å². The number of likely N-dealkylation sites (tertiary alicyclic amines) is 1. The van der Waals surface area contributed by atoms with Crippen molar-refractivity contribution in [2.45, 2.75) is 19.3 Å². The molecule has 2 heterocycles. The lowest BCUT2D eigenvalue weighted by Gasteiger charge is -2.33. The first-order chi connectivity index (χ1) is 7.36. The minimum absolute atomic E-state index is 0.868. The number of nitrogens with one attached hydrogen (secondary N) is 1. The van der Waals surface area contributed by atoms with Crippen LogP contribution < -0.4 is 0 Å². The zero-order chi connectivity index (χ0) is 10.5. The third kappa shape index (κ3) is 3.38. The van der Waals surface area contributed by atoms with Crippen molar-refractivity contribution in [1.29, 1.82) is 5.41 Å². The van der Waals surface area contributed by atoms with Gasteiger partial charge in [-0.05, 0) is 12.8 Å². The molecule has 2 aliphatic rings. The molecule has 1 N–H and O–H groups in total. The predicted octanol–water partition coefficient (Wildman–Crippen LogP) is 1.50. The number of rotatable bonds is 3. The SMILES string of the molecule is N=C1CCCCN1CCN1CCSCC1. The summed E-state index contributed by atoms with van der Waals surface area (Å²) in [6.07, 6.45) is 3.49. The molecule has 0 atom stereocenters. The standard InChI is InChI=1S/C11H21N3S/c12-11-3-1-2-4-14(11)6-5-13-7-9-15-10-8-13/h12H,1-10H2. The number of hydrogen-bond donors (Lipinski definition) is 1. The molecule has 86 valence electrons. The molecule has 0 aromatic carbocycles. The second kappa shape index (κ2) is 5.75. The topological polar surface area (TPSA) is 30.3 Å². The highest BCUT2D eigenvalue weighted by Crippen LogP contribution is 2.12. The summed E-state index contributed by atoms with van der Waals surface area (Å²) in [7, 11) is 0. The lowest BCUT2D eigenvalue weighted by atomic mass is 10.1. The van der Waals surface area contributed by atoms with Gasteiger partial charge in [-0.15, -0.1) is 0 Å². The average Bonchev–Trinajstić information content (AvgIpc) is 2.29. The van der Waals surface area contributed by atoms with Crippen LogP contribution >= 0.6 is 11.8 Å². The van der Waals surface area contributed by atoms with Gasteiger partial charge in [0.1, 0.15) is 0 Å². The lowest BCUT2D eigenvalue weighted by molar-refractivity contribution is 0.256. The Kier molecular flexibility index (Phi) is 4.32. The van der Waals surface area contributed by atoms with Crippen LogP contribution in [-0.2, 0) is 0 Å². The molecular formula is C11H21N3S. The van der Waals surface area contributed by atoms with Gasteiger partial charge < -0.3 is 4.90 Å². The summed E-state index contributed by atoms with van der Waals surface area (Å²) in [5.41, 5.74) is 0. The molecule has 0 amide bonds. The lowest BCUT2D eigenvalue weighted by Crippen LogP contribution is -2.43. The molecule has 2 saturated heterocycles. The average molecular weight is 227 g/mol. The first kappa shape index (κ1) is 11.3. The van der Waals surface area contributed by atoms with E-state index in [0.717, 1.165) is 31.9 Å². The van der Waals surface area contributed by atoms with Gasteiger partial charge in [-0.3, -0.25) is 10.3 Å². The first-order valence-electron chi connectivity index (χ1n) is 5.99. The zero-order valence-corrected chi connectivity index (χ0v) is 10.2. The third-order valence-electron chi connectivity index (χ3n) is 3.26. The van der Waals surface area contributed by atoms with Crippen LogP contribution in [0.15, 0.2) is 0 Å². The van der Waals surface area contributed by atoms with Crippen molar-refractivity contribution in [2.75, 3.05) is 44.2 Å². The summed E-state index contributed by atoms with van der Waals surface area (Å²) in [6.45, 7) is 5.82. The van der Waals surface area contributed by atoms with E-state index < -0.39 is 0 Å². The Bertz CT molecular complexity index is 214. The molecule has 0 unspecified atom stereocenters. The van der Waals surface area contributed by atoms with Crippen LogP contribution in [0.2, 0.25) is 0 Å². The molecule has 2 fully saturated rings. The summed E-state index contributed by atoms with van der Waals surface area (Å²) in [5, 5.41) is 7.87. The van der Waals surface area contributed by atoms with Crippen molar-refractivity contribution < 1.29 is 0 Å². The normalized spacial score (nSPS) is 24.5. The molecule has 0 aliphatic carbocycles. The Hall–Kier alpha value is -0.220. The minimum Gasteiger partial charge on any atom is -0.359 e. The molecule has 15 heavy (non-hydrogen) atoms. The molecule has 0 saturated carbocycles. The smallest absolute Gasteiger partial charge is 0.0958 e. The van der Waals surface area contributed by atoms with E-state index in [4.69, 9.17) is 5.41 Å². The van der Waals surface area contributed by atoms with Crippen LogP contribution in [0.3, 0.4) is 0 Å². The number of hydrogen-bond acceptors (Lipinski definition) is 3. The number of piperidine rings is 1. The molecule has 2 rings (SSSR count). The first-order valence-corrected chi connectivity index (χ1v) is 7.14. The molecule has 0 spiro atoms. The van der Waals surface area contributed by atoms with E-state index in [2.05, 4.69) is 21.6 Å². The molecular weight excluding hydrogens is 206 g/mol. The van der Waals surface area contributed by atoms with Gasteiger partial charge in [0.05, 0.1) is 5.84 Å². The van der Waals surface area contributed by atoms with Gasteiger partial charge >= 0.3 is 0 Å². The van der Waals surface area contributed by atoms with E-state index in [1.54, 1.807) is 0 Å². The fraction of sp³-hybridized carbons (Fsp3) is 0.909. The van der Waals surface area contributed by atoms with Crippen LogP contribution in [-0.4, -0.2) is 59.9 Å². The van der Waals surface area contributed by atoms with Gasteiger partial charge in [-0.2, -0.15) is 11.8 Å². The maximum Gasteiger partial charge on any atom is 0.0958 e. The molecule has 3 nitrogen and oxygen atoms in total. The molecule has 2 aliphatic heterocycles. The summed E-state index contributed by atoms with van der Waals surface area (Å²) in [5.74, 6) is 3.45. The van der Waals surface area contributed by atoms with Crippen LogP contribution in [0.4, 0.5) is 0 Å². The van der Waals surface area contributed by atoms with Crippen molar-refractivity contribution in [2.24, 2.45) is 0 Å². The Labute approximate surface area is 96.7 Å². The van der Waals surface area contributed by atoms with Gasteiger partial charge in [0.25, 0.3) is 0 Å². The molecule has 0 bridgehead atoms. The zero-order valence-electron chi connectivity index (χ0n) is 9.37. The maximum atomic E-state index is 7.87. The second-order valence-electron chi connectivity index (χ2n) is 4.34. The van der Waals surface area contributed by atoms with Crippen LogP contribution in [0.25, 0.3) is 0 Å². The van der Waals surface area contributed by atoms with E-state index in [1.807, 2.05) is 0 Å². The van der Waals surface area contributed by atoms with Crippen LogP contribution in [0, 0.1) is 5.41 Å². The number of nitrogens with zero attached hydrogens (tertiary/aromatic N) is 2. The van der Waals surface area contributed by atoms with E-state index in [-0.39, 0.29) is 0 Å². The summed E-state index contributed by atoms with van der Waals surface area (Å²) >= 11 is 2.06. The predicted molar refractivity (Wildman–Crippen MR) is 66.9 cm³/mol. The number of thioether (sulfide) groups is 1. The summed E-state index contributed by atoms with van der Waals surface area (Å²) in [6, 6.07) is 0. The van der Waals surface area contributed by atoms with Crippen molar-refractivity contribution in [1.82, 2.24) is 9.80 Å². The highest BCUT2D eigenvalue weighted by Gasteiger charge is 2.16. The third-order valence-corrected chi connectivity index (χ3v) is 4.21. The second-order valence-corrected chi connectivity index (χ2v) is 5.57. The van der Waals surface area contributed by atoms with Crippen molar-refractivity contribution in [3.8, 4) is 0 Å². The van der Waals surface area contributed by atoms with Crippen molar-refractivity contribution in [3.05, 3.63) is 0 Å². The molecule has 4 heteroatoms. The fourth-order valence-corrected chi connectivity index (χ4v) is 3.20. The van der Waals surface area contributed by atoms with Crippen molar-refractivity contribution in [3.63, 3.8) is 0 Å². The fourth-order valence-electron chi connectivity index (χ4n) is 2.22. The van der Waals surface area contributed by atoms with E-state index in [9.17, 15) is 0 Å². The molecule has 0 aromatic rings. The summed E-state index contributed by atoms with van der Waals surface area (Å²) in [4.78, 5) is 4.81. The maximum absolute atomic E-state index is 7.87. The van der Waals surface area contributed by atoms with E-state index in [1.165, 1.54) is 37.4 Å². The highest BCUT2D eigenvalue weighted by atomic mass is 32.2. The van der Waals surface area contributed by atoms with Gasteiger partial charge in [-0.25, -0.2) is 0 Å². The van der Waals surface area contributed by atoms with E-state index in [0.29, 0.717) is 0 Å². The highest BCUT2D eigenvalue weighted by molar-refractivity contribution is 7.99. The van der Waals surface area contributed by atoms with Crippen molar-refractivity contribution >= 4 is 17.6 Å². The van der Waals surface area contributed by atoms with Crippen LogP contribution in [0.5, 0.6) is 0 Å². The molecule has 0 radical (unpaired) electrons. The number of amidine groups is 1. The quantitative estimate of drug-likeness (QED) is 0.792.